The van der Waals surface area contributed by atoms with Gasteiger partial charge in [0.05, 0.1) is 6.61 Å². The Morgan fingerprint density at radius 2 is 1.68 bits per heavy atom. The van der Waals surface area contributed by atoms with Gasteiger partial charge < -0.3 is 15.8 Å². The van der Waals surface area contributed by atoms with Crippen molar-refractivity contribution >= 4 is 27.2 Å². The first-order valence-corrected chi connectivity index (χ1v) is 17.0. The standard InChI is InChI=1S/C37H54N2OS/c1-9-17-40-18-16-39-30-13-11-12-27(14-15-30)21-29-23-33-32(22-28(29)10-2)35(41-8)34(36(38)37(33,6)7)31-20-25(4)24(3)19-26(31)5/h19-20,22-23,27,30,39H,8-18,21,38H2,1-7H3. The van der Waals surface area contributed by atoms with E-state index in [-0.39, 0.29) is 5.41 Å². The molecule has 0 aromatic heterocycles. The third kappa shape index (κ3) is 6.92. The number of aryl methyl sites for hydroxylation is 4. The van der Waals surface area contributed by atoms with E-state index in [9.17, 15) is 0 Å². The summed E-state index contributed by atoms with van der Waals surface area (Å²) in [6.07, 6.45) is 9.77. The van der Waals surface area contributed by atoms with Crippen LogP contribution in [-0.2, 0) is 23.0 Å². The van der Waals surface area contributed by atoms with Crippen LogP contribution >= 0.6 is 10.9 Å². The molecule has 2 aliphatic rings. The van der Waals surface area contributed by atoms with E-state index in [1.807, 2.05) is 0 Å². The predicted octanol–water partition coefficient (Wildman–Crippen LogP) is 8.03. The van der Waals surface area contributed by atoms with Crippen LogP contribution in [-0.4, -0.2) is 36.5 Å². The number of nitrogens with two attached hydrogens (primary N) is 1. The van der Waals surface area contributed by atoms with Crippen molar-refractivity contribution in [2.75, 3.05) is 19.8 Å². The molecule has 0 bridgehead atoms. The quantitative estimate of drug-likeness (QED) is 0.172. The minimum absolute atomic E-state index is 0.255. The Morgan fingerprint density at radius 1 is 0.927 bits per heavy atom. The van der Waals surface area contributed by atoms with Gasteiger partial charge >= 0.3 is 0 Å². The summed E-state index contributed by atoms with van der Waals surface area (Å²) in [5, 5.41) is 3.77. The molecule has 0 amide bonds. The molecule has 0 saturated heterocycles. The number of hydrogen-bond donors (Lipinski definition) is 2. The minimum Gasteiger partial charge on any atom is -0.401 e. The summed E-state index contributed by atoms with van der Waals surface area (Å²) in [5.41, 5.74) is 19.9. The molecule has 4 rings (SSSR count). The van der Waals surface area contributed by atoms with E-state index in [0.29, 0.717) is 6.04 Å². The summed E-state index contributed by atoms with van der Waals surface area (Å²) >= 11 is 0. The molecular weight excluding hydrogens is 520 g/mol. The van der Waals surface area contributed by atoms with E-state index < -0.39 is 0 Å². The zero-order valence-electron chi connectivity index (χ0n) is 26.8. The Hall–Kier alpha value is -2.14. The van der Waals surface area contributed by atoms with Gasteiger partial charge in [0.25, 0.3) is 0 Å². The third-order valence-corrected chi connectivity index (χ3v) is 10.4. The van der Waals surface area contributed by atoms with Gasteiger partial charge in [0.15, 0.2) is 0 Å². The van der Waals surface area contributed by atoms with Crippen molar-refractivity contribution in [2.45, 2.75) is 111 Å². The lowest BCUT2D eigenvalue weighted by Gasteiger charge is -2.37. The van der Waals surface area contributed by atoms with Gasteiger partial charge in [-0.05, 0) is 122 Å². The van der Waals surface area contributed by atoms with Gasteiger partial charge in [-0.15, -0.1) is 0 Å². The maximum Gasteiger partial charge on any atom is 0.0590 e. The molecule has 41 heavy (non-hydrogen) atoms. The number of hydrogen-bond acceptors (Lipinski definition) is 3. The number of fused-ring (bicyclic) bond motifs is 1. The Kier molecular flexibility index (Phi) is 10.8. The van der Waals surface area contributed by atoms with Crippen LogP contribution in [0, 0.1) is 26.7 Å². The summed E-state index contributed by atoms with van der Waals surface area (Å²) < 4.78 is 5.68. The zero-order chi connectivity index (χ0) is 29.7. The molecular formula is C37H54N2OS. The molecule has 2 atom stereocenters. The van der Waals surface area contributed by atoms with Crippen LogP contribution in [0.1, 0.15) is 111 Å². The van der Waals surface area contributed by atoms with E-state index in [1.165, 1.54) is 93.5 Å². The summed E-state index contributed by atoms with van der Waals surface area (Å²) in [7, 11) is 1.60. The summed E-state index contributed by atoms with van der Waals surface area (Å²) in [4.78, 5) is 1.22. The fourth-order valence-electron chi connectivity index (χ4n) is 6.95. The zero-order valence-corrected chi connectivity index (χ0v) is 27.7. The van der Waals surface area contributed by atoms with Crippen molar-refractivity contribution in [3.05, 3.63) is 74.5 Å². The predicted molar refractivity (Wildman–Crippen MR) is 183 cm³/mol. The summed E-state index contributed by atoms with van der Waals surface area (Å²) in [5.74, 6) is 5.07. The molecule has 2 aromatic rings. The van der Waals surface area contributed by atoms with Crippen LogP contribution in [0.2, 0.25) is 0 Å². The molecule has 1 fully saturated rings. The highest BCUT2D eigenvalue weighted by molar-refractivity contribution is 7.97. The maximum absolute atomic E-state index is 7.14. The average molecular weight is 575 g/mol. The lowest BCUT2D eigenvalue weighted by Crippen LogP contribution is -2.35. The van der Waals surface area contributed by atoms with Crippen LogP contribution in [0.5, 0.6) is 0 Å². The van der Waals surface area contributed by atoms with Gasteiger partial charge in [-0.2, -0.15) is 10.9 Å². The monoisotopic (exact) mass is 574 g/mol. The number of benzene rings is 2. The molecule has 3 nitrogen and oxygen atoms in total. The molecule has 0 spiro atoms. The normalized spacial score (nSPS) is 20.6. The summed E-state index contributed by atoms with van der Waals surface area (Å²) in [6, 6.07) is 10.3. The Balaban J connectivity index is 1.61. The molecule has 2 unspecified atom stereocenters. The Morgan fingerprint density at radius 3 is 2.39 bits per heavy atom. The van der Waals surface area contributed by atoms with Gasteiger partial charge in [-0.25, -0.2) is 0 Å². The second kappa shape index (κ2) is 13.9. The molecule has 0 heterocycles. The first kappa shape index (κ1) is 31.8. The van der Waals surface area contributed by atoms with Crippen molar-refractivity contribution in [1.82, 2.24) is 5.32 Å². The second-order valence-electron chi connectivity index (χ2n) is 13.0. The highest BCUT2D eigenvalue weighted by Crippen LogP contribution is 2.45. The van der Waals surface area contributed by atoms with Crippen molar-refractivity contribution in [1.29, 1.82) is 0 Å². The van der Waals surface area contributed by atoms with Gasteiger partial charge in [0.2, 0.25) is 0 Å². The second-order valence-corrected chi connectivity index (χ2v) is 13.7. The van der Waals surface area contributed by atoms with Gasteiger partial charge in [-0.1, -0.05) is 58.7 Å². The molecule has 1 saturated carbocycles. The lowest BCUT2D eigenvalue weighted by atomic mass is 9.69. The molecule has 0 aliphatic heterocycles. The minimum atomic E-state index is -0.255. The van der Waals surface area contributed by atoms with E-state index in [0.717, 1.165) is 44.2 Å². The van der Waals surface area contributed by atoms with E-state index in [2.05, 4.69) is 83.9 Å². The van der Waals surface area contributed by atoms with Gasteiger partial charge in [0, 0.05) is 40.7 Å². The van der Waals surface area contributed by atoms with Crippen LogP contribution in [0.15, 0.2) is 30.0 Å². The fourth-order valence-corrected chi connectivity index (χ4v) is 7.64. The number of rotatable bonds is 10. The van der Waals surface area contributed by atoms with Crippen molar-refractivity contribution in [3.8, 4) is 0 Å². The molecule has 3 N–H and O–H groups in total. The number of allylic oxidation sites excluding steroid dienone is 2. The van der Waals surface area contributed by atoms with E-state index in [1.54, 1.807) is 10.9 Å². The van der Waals surface area contributed by atoms with E-state index in [4.69, 9.17) is 10.5 Å². The lowest BCUT2D eigenvalue weighted by molar-refractivity contribution is 0.133. The van der Waals surface area contributed by atoms with Crippen LogP contribution in [0.3, 0.4) is 0 Å². The summed E-state index contributed by atoms with van der Waals surface area (Å²) in [6.45, 7) is 18.4. The third-order valence-electron chi connectivity index (χ3n) is 9.69. The number of ether oxygens (including phenoxy) is 1. The maximum atomic E-state index is 7.14. The van der Waals surface area contributed by atoms with Gasteiger partial charge in [-0.3, -0.25) is 0 Å². The molecule has 0 radical (unpaired) electrons. The topological polar surface area (TPSA) is 47.3 Å². The van der Waals surface area contributed by atoms with Crippen molar-refractivity contribution < 1.29 is 4.74 Å². The van der Waals surface area contributed by atoms with Gasteiger partial charge in [0.1, 0.15) is 0 Å². The molecule has 2 aromatic carbocycles. The fraction of sp³-hybridized carbons (Fsp3) is 0.568. The van der Waals surface area contributed by atoms with Crippen LogP contribution < -0.4 is 11.1 Å². The number of nitrogens with one attached hydrogen (secondary N) is 1. The van der Waals surface area contributed by atoms with E-state index >= 15 is 0 Å². The largest absolute Gasteiger partial charge is 0.401 e. The Bertz CT molecular complexity index is 1330. The Labute approximate surface area is 253 Å². The molecule has 224 valence electrons. The smallest absolute Gasteiger partial charge is 0.0590 e. The van der Waals surface area contributed by atoms with Crippen molar-refractivity contribution in [3.63, 3.8) is 0 Å². The van der Waals surface area contributed by atoms with Crippen LogP contribution in [0.25, 0.3) is 5.57 Å². The molecule has 2 aliphatic carbocycles. The SMILES string of the molecule is C=S=C1C(c2cc(C)c(C)cc2C)=C(N)C(C)(C)c2cc(CC3CCCC(NCCOCCC)CC3)c(CC)cc21. The average Bonchev–Trinajstić information content (AvgIpc) is 3.17. The molecule has 4 heteroatoms. The highest BCUT2D eigenvalue weighted by Gasteiger charge is 2.37. The highest BCUT2D eigenvalue weighted by atomic mass is 32.1. The van der Waals surface area contributed by atoms with Crippen molar-refractivity contribution in [2.24, 2.45) is 11.7 Å². The first-order chi connectivity index (χ1) is 19.6. The first-order valence-electron chi connectivity index (χ1n) is 16.0. The van der Waals surface area contributed by atoms with Crippen LogP contribution in [0.4, 0.5) is 0 Å².